The SMILES string of the molecule is Fc1ccc(-c2nc(-c3ccc(-n4c5ccccc5c5cc(-c6ccc(-c7ccc8oc9ccccc9c8c7)cc6)ccc54)cc3)nc3ccccc23)cc1.c1ccc(-c2nc(-c3ccc(-n4c5ccccc5c5cc(-c6ccc(-c7ccc8sc9ccccc9c8c7)cc6)ccc54)cc3)nc3ccccc23)cc1. The standard InChI is InChI=1S/C50H30FN3O.C50H31N3S/c51-37-23-17-33(18-24-37)49-41-9-1-4-10-44(41)52-50(53-49)34-19-25-38(26-20-34)54-45-11-5-2-7-39(45)42-29-35(21-27-46(42)54)31-13-15-32(16-14-31)36-22-28-48-43(30-36)40-8-3-6-12-47(40)55-48;1-2-10-34(11-3-1)49-41-14-4-7-15-44(41)51-50(52-49)35-22-26-38(27-23-35)53-45-16-8-5-12-39(45)42-30-36(24-28-46(42)53)32-18-20-33(21-19-32)37-25-29-48-43(31-37)40-13-6-9-17-47(40)54-48/h1-30H;1-31H. The van der Waals surface area contributed by atoms with Crippen molar-refractivity contribution in [3.05, 3.63) is 376 Å². The van der Waals surface area contributed by atoms with Gasteiger partial charge in [-0.05, 0) is 202 Å². The molecular formula is C100H61FN6OS. The largest absolute Gasteiger partial charge is 0.456 e. The van der Waals surface area contributed by atoms with Gasteiger partial charge in [-0.15, -0.1) is 11.3 Å². The summed E-state index contributed by atoms with van der Waals surface area (Å²) in [7, 11) is 0. The maximum absolute atomic E-state index is 13.8. The van der Waals surface area contributed by atoms with Crippen molar-refractivity contribution < 1.29 is 8.81 Å². The average molecular weight is 1410 g/mol. The first-order valence-electron chi connectivity index (χ1n) is 36.6. The van der Waals surface area contributed by atoms with Crippen LogP contribution in [0.15, 0.2) is 374 Å². The molecular weight excluding hydrogens is 1350 g/mol. The summed E-state index contributed by atoms with van der Waals surface area (Å²) in [5, 5.41) is 11.8. The molecule has 9 heteroatoms. The number of aromatic nitrogens is 6. The molecule has 0 amide bonds. The van der Waals surface area contributed by atoms with Gasteiger partial charge in [0, 0.05) is 96.9 Å². The van der Waals surface area contributed by atoms with Crippen LogP contribution in [0.1, 0.15) is 0 Å². The number of nitrogens with zero attached hydrogens (tertiary/aromatic N) is 6. The Bertz CT molecular complexity index is 7330. The molecule has 510 valence electrons. The van der Waals surface area contributed by atoms with Crippen LogP contribution in [0.4, 0.5) is 4.39 Å². The van der Waals surface area contributed by atoms with Gasteiger partial charge in [0.05, 0.1) is 44.5 Å². The maximum atomic E-state index is 13.8. The van der Waals surface area contributed by atoms with Gasteiger partial charge in [0.2, 0.25) is 0 Å². The van der Waals surface area contributed by atoms with Crippen LogP contribution < -0.4 is 0 Å². The normalized spacial score (nSPS) is 11.7. The Morgan fingerprint density at radius 2 is 0.587 bits per heavy atom. The first-order chi connectivity index (χ1) is 53.9. The van der Waals surface area contributed by atoms with E-state index in [0.717, 1.165) is 122 Å². The summed E-state index contributed by atoms with van der Waals surface area (Å²) in [6.45, 7) is 0. The van der Waals surface area contributed by atoms with Gasteiger partial charge in [-0.25, -0.2) is 24.3 Å². The molecule has 22 rings (SSSR count). The number of hydrogen-bond donors (Lipinski definition) is 0. The highest BCUT2D eigenvalue weighted by Gasteiger charge is 2.20. The number of halogens is 1. The van der Waals surface area contributed by atoms with Crippen molar-refractivity contribution in [2.45, 2.75) is 0 Å². The number of fused-ring (bicyclic) bond motifs is 14. The molecule has 6 aromatic heterocycles. The first kappa shape index (κ1) is 63.2. The predicted octanol–water partition coefficient (Wildman–Crippen LogP) is 27.2. The molecule has 0 aliphatic heterocycles. The molecule has 0 saturated heterocycles. The quantitative estimate of drug-likeness (QED) is 0.136. The van der Waals surface area contributed by atoms with Crippen molar-refractivity contribution in [1.82, 2.24) is 29.1 Å². The van der Waals surface area contributed by atoms with Crippen LogP contribution in [0.5, 0.6) is 0 Å². The predicted molar refractivity (Wildman–Crippen MR) is 451 cm³/mol. The van der Waals surface area contributed by atoms with Crippen LogP contribution in [-0.2, 0) is 0 Å². The van der Waals surface area contributed by atoms with E-state index in [1.807, 2.05) is 65.9 Å². The summed E-state index contributed by atoms with van der Waals surface area (Å²) in [6.07, 6.45) is 0. The second kappa shape index (κ2) is 26.1. The van der Waals surface area contributed by atoms with Crippen LogP contribution in [0.2, 0.25) is 0 Å². The Morgan fingerprint density at radius 3 is 1.12 bits per heavy atom. The van der Waals surface area contributed by atoms with Crippen LogP contribution in [-0.4, -0.2) is 29.1 Å². The van der Waals surface area contributed by atoms with Crippen molar-refractivity contribution in [3.63, 3.8) is 0 Å². The van der Waals surface area contributed by atoms with Gasteiger partial charge in [0.25, 0.3) is 0 Å². The van der Waals surface area contributed by atoms with Crippen molar-refractivity contribution in [3.8, 4) is 101 Å². The van der Waals surface area contributed by atoms with Gasteiger partial charge < -0.3 is 13.6 Å². The van der Waals surface area contributed by atoms with E-state index in [0.29, 0.717) is 5.82 Å². The second-order valence-corrected chi connectivity index (χ2v) is 28.8. The molecule has 0 aliphatic rings. The molecule has 7 nitrogen and oxygen atoms in total. The lowest BCUT2D eigenvalue weighted by Crippen LogP contribution is -1.97. The zero-order chi connectivity index (χ0) is 72.0. The third kappa shape index (κ3) is 11.2. The lowest BCUT2D eigenvalue weighted by atomic mass is 9.98. The number of rotatable bonds is 10. The third-order valence-electron chi connectivity index (χ3n) is 21.3. The first-order valence-corrected chi connectivity index (χ1v) is 37.4. The monoisotopic (exact) mass is 1410 g/mol. The Labute approximate surface area is 629 Å². The molecule has 0 radical (unpaired) electrons. The Kier molecular flexibility index (Phi) is 15.1. The highest BCUT2D eigenvalue weighted by atomic mass is 32.1. The zero-order valence-electron chi connectivity index (χ0n) is 58.6. The Balaban J connectivity index is 0.000000139. The van der Waals surface area contributed by atoms with Gasteiger partial charge in [-0.3, -0.25) is 0 Å². The number of hydrogen-bond acceptors (Lipinski definition) is 6. The minimum Gasteiger partial charge on any atom is -0.456 e. The molecule has 0 unspecified atom stereocenters. The van der Waals surface area contributed by atoms with E-state index in [9.17, 15) is 4.39 Å². The van der Waals surface area contributed by atoms with Crippen molar-refractivity contribution in [2.75, 3.05) is 0 Å². The molecule has 0 fully saturated rings. The molecule has 0 saturated carbocycles. The summed E-state index contributed by atoms with van der Waals surface area (Å²) in [5.74, 6) is 1.07. The van der Waals surface area contributed by atoms with Crippen LogP contribution in [0.3, 0.4) is 0 Å². The number of benzene rings is 16. The fraction of sp³-hybridized carbons (Fsp3) is 0. The van der Waals surface area contributed by atoms with E-state index in [1.165, 1.54) is 92.7 Å². The molecule has 22 aromatic rings. The van der Waals surface area contributed by atoms with Crippen LogP contribution in [0, 0.1) is 5.82 Å². The lowest BCUT2D eigenvalue weighted by Gasteiger charge is -2.11. The van der Waals surface area contributed by atoms with E-state index < -0.39 is 0 Å². The molecule has 6 heterocycles. The molecule has 0 bridgehead atoms. The van der Waals surface area contributed by atoms with E-state index in [-0.39, 0.29) is 5.82 Å². The Morgan fingerprint density at radius 1 is 0.229 bits per heavy atom. The van der Waals surface area contributed by atoms with E-state index in [4.69, 9.17) is 24.4 Å². The van der Waals surface area contributed by atoms with Crippen molar-refractivity contribution in [2.24, 2.45) is 0 Å². The summed E-state index contributed by atoms with van der Waals surface area (Å²) in [4.78, 5) is 20.0. The van der Waals surface area contributed by atoms with Crippen LogP contribution >= 0.6 is 11.3 Å². The second-order valence-electron chi connectivity index (χ2n) is 27.7. The zero-order valence-corrected chi connectivity index (χ0v) is 59.4. The summed E-state index contributed by atoms with van der Waals surface area (Å²) in [6, 6.07) is 129. The van der Waals surface area contributed by atoms with Crippen molar-refractivity contribution >= 4 is 119 Å². The van der Waals surface area contributed by atoms with Gasteiger partial charge in [0.15, 0.2) is 11.6 Å². The third-order valence-corrected chi connectivity index (χ3v) is 22.5. The van der Waals surface area contributed by atoms with Gasteiger partial charge in [0.1, 0.15) is 17.0 Å². The minimum atomic E-state index is -0.275. The molecule has 0 spiro atoms. The molecule has 0 aliphatic carbocycles. The number of para-hydroxylation sites is 5. The summed E-state index contributed by atoms with van der Waals surface area (Å²) in [5.41, 5.74) is 25.4. The summed E-state index contributed by atoms with van der Waals surface area (Å²) >= 11 is 1.86. The lowest BCUT2D eigenvalue weighted by molar-refractivity contribution is 0.628. The topological polar surface area (TPSA) is 74.6 Å². The highest BCUT2D eigenvalue weighted by molar-refractivity contribution is 7.25. The maximum Gasteiger partial charge on any atom is 0.160 e. The summed E-state index contributed by atoms with van der Waals surface area (Å²) < 4.78 is 27.2. The fourth-order valence-electron chi connectivity index (χ4n) is 16.0. The van der Waals surface area contributed by atoms with Crippen LogP contribution in [0.25, 0.3) is 209 Å². The molecule has 16 aromatic carbocycles. The van der Waals surface area contributed by atoms with E-state index in [2.05, 4.69) is 300 Å². The van der Waals surface area contributed by atoms with Crippen molar-refractivity contribution in [1.29, 1.82) is 0 Å². The molecule has 0 N–H and O–H groups in total. The smallest absolute Gasteiger partial charge is 0.160 e. The van der Waals surface area contributed by atoms with Gasteiger partial charge >= 0.3 is 0 Å². The fourth-order valence-corrected chi connectivity index (χ4v) is 17.0. The van der Waals surface area contributed by atoms with E-state index >= 15 is 0 Å². The minimum absolute atomic E-state index is 0.275. The average Bonchev–Trinajstić information content (AvgIpc) is 1.61. The number of thiophene rings is 1. The van der Waals surface area contributed by atoms with E-state index in [1.54, 1.807) is 12.1 Å². The number of furan rings is 1. The van der Waals surface area contributed by atoms with Gasteiger partial charge in [-0.2, -0.15) is 0 Å². The Hall–Kier alpha value is -14.3. The molecule has 0 atom stereocenters. The van der Waals surface area contributed by atoms with Gasteiger partial charge in [-0.1, -0.05) is 212 Å². The highest BCUT2D eigenvalue weighted by Crippen LogP contribution is 2.42. The molecule has 109 heavy (non-hydrogen) atoms.